The predicted molar refractivity (Wildman–Crippen MR) is 475 cm³/mol. The molecule has 0 spiro atoms. The molecule has 14 aromatic carbocycles. The Hall–Kier alpha value is -13.6. The first-order valence-corrected chi connectivity index (χ1v) is 38.9. The van der Waals surface area contributed by atoms with E-state index >= 15 is 0 Å². The molecule has 0 aliphatic carbocycles. The zero-order chi connectivity index (χ0) is 78.0. The molecule has 9 heterocycles. The van der Waals surface area contributed by atoms with Gasteiger partial charge in [0.25, 0.3) is 0 Å². The van der Waals surface area contributed by atoms with Gasteiger partial charge in [0, 0.05) is 61.8 Å². The van der Waals surface area contributed by atoms with Crippen molar-refractivity contribution >= 4 is 98.5 Å². The molecule has 0 amide bonds. The topological polar surface area (TPSA) is 107 Å². The number of imidazole rings is 3. The number of hydrogen-bond acceptors (Lipinski definition) is 6. The van der Waals surface area contributed by atoms with Crippen molar-refractivity contribution in [2.45, 2.75) is 0 Å². The van der Waals surface area contributed by atoms with Crippen molar-refractivity contribution in [3.05, 3.63) is 395 Å². The first kappa shape index (κ1) is 77.6. The second-order valence-electron chi connectivity index (χ2n) is 29.0. The van der Waals surface area contributed by atoms with Crippen LogP contribution in [0.5, 0.6) is 0 Å². The fraction of sp³-hybridized carbons (Fsp3) is 0.0286. The van der Waals surface area contributed by atoms with Gasteiger partial charge in [0.05, 0.1) is 50.6 Å². The van der Waals surface area contributed by atoms with Crippen LogP contribution in [0, 0.1) is 36.4 Å². The molecular weight excluding hydrogens is 2010 g/mol. The third kappa shape index (κ3) is 14.0. The number of hydrogen-bond donors (Lipinski definition) is 0. The van der Waals surface area contributed by atoms with E-state index < -0.39 is 0 Å². The number of fused-ring (bicyclic) bond motifs is 12. The van der Waals surface area contributed by atoms with Gasteiger partial charge in [0.2, 0.25) is 0 Å². The molecule has 578 valence electrons. The molecule has 9 aromatic heterocycles. The van der Waals surface area contributed by atoms with Gasteiger partial charge >= 0.3 is 63.2 Å². The molecule has 15 heteroatoms. The molecule has 0 bridgehead atoms. The number of nitrogens with zero attached hydrogens (tertiary/aromatic N) is 12. The summed E-state index contributed by atoms with van der Waals surface area (Å²) >= 11 is 0. The van der Waals surface area contributed by atoms with Crippen molar-refractivity contribution in [3.63, 3.8) is 0 Å². The molecule has 23 aromatic rings. The molecule has 0 unspecified atom stereocenters. The van der Waals surface area contributed by atoms with Gasteiger partial charge in [-0.05, 0) is 150 Å². The second kappa shape index (κ2) is 33.1. The van der Waals surface area contributed by atoms with Crippen LogP contribution in [0.15, 0.2) is 358 Å². The van der Waals surface area contributed by atoms with Gasteiger partial charge in [0.1, 0.15) is 0 Å². The van der Waals surface area contributed by atoms with Gasteiger partial charge < -0.3 is 42.4 Å². The Morgan fingerprint density at radius 1 is 0.233 bits per heavy atom. The SMILES string of the molecule is Cn1c(-c2[c-]c3c(cc2)c2cc(-c4ccccc4)ccc2n3-c2[c-]c(-c3ccccn3)ccc2)nc2ccccc21.Cn1c(-c2[c-]c3c(cc2)c2ccccc2n3-c2[c-]c(-c3ccccn3)ccc2)nc2cccc(-c3ccccc3)c21.Cn1c(-c2[c-]c3c(cc2)c2ccccc2n3-c2[c-]c(-c3ccccn3)ccc2)nc2ccccc21.[Pt+2].[Pt+2].[Pt+2]. The first-order valence-electron chi connectivity index (χ1n) is 38.9. The summed E-state index contributed by atoms with van der Waals surface area (Å²) in [5.74, 6) is 2.67. The van der Waals surface area contributed by atoms with Crippen LogP contribution >= 0.6 is 0 Å². The van der Waals surface area contributed by atoms with Crippen LogP contribution in [-0.2, 0) is 84.3 Å². The maximum absolute atomic E-state index is 5.09. The molecule has 0 aliphatic rings. The van der Waals surface area contributed by atoms with Crippen molar-refractivity contribution in [2.24, 2.45) is 21.1 Å². The second-order valence-corrected chi connectivity index (χ2v) is 29.0. The summed E-state index contributed by atoms with van der Waals surface area (Å²) in [4.78, 5) is 28.6. The molecule has 0 saturated carbocycles. The Morgan fingerprint density at radius 3 is 1.02 bits per heavy atom. The standard InChI is InChI=1S/2C37H24N4.C31H20N4.3Pt/c1-40-36-29(25-11-3-2-4-12-25)16-10-18-33(36)39-37(40)27-20-21-31-30-15-5-6-19-34(30)41(35(31)24-27)28-14-9-13-26(23-28)32-17-7-8-22-38-32;1-40-35-16-6-5-15-33(35)39-37(40)28-17-19-30-31-23-26(25-10-3-2-4-11-25)18-20-34(31)41(36(30)24-28)29-13-9-12-27(22-29)32-14-7-8-21-38-32;1-34-29-15-5-3-13-27(29)33-31(34)22-16-17-25-24-11-2-4-14-28(24)35(30(25)20-22)23-10-8-9-21(19-23)26-12-6-7-18-32-26;;;/h2-22H,1H3;2-21,23H,1H3;2-18H,1H3;;;/q3*-2;3*+2. The minimum atomic E-state index is 0. The van der Waals surface area contributed by atoms with E-state index in [0.29, 0.717) is 0 Å². The van der Waals surface area contributed by atoms with Gasteiger partial charge in [0.15, 0.2) is 0 Å². The van der Waals surface area contributed by atoms with E-state index in [0.717, 1.165) is 167 Å². The molecule has 12 nitrogen and oxygen atoms in total. The zero-order valence-corrected chi connectivity index (χ0v) is 71.7. The summed E-state index contributed by atoms with van der Waals surface area (Å²) in [5, 5.41) is 6.97. The van der Waals surface area contributed by atoms with Crippen molar-refractivity contribution in [1.29, 1.82) is 0 Å². The Bertz CT molecular complexity index is 7740. The Kier molecular flexibility index (Phi) is 21.4. The molecule has 0 atom stereocenters. The minimum Gasteiger partial charge on any atom is -0.367 e. The van der Waals surface area contributed by atoms with E-state index in [1.54, 1.807) is 0 Å². The smallest absolute Gasteiger partial charge is 0.367 e. The summed E-state index contributed by atoms with van der Waals surface area (Å²) in [6, 6.07) is 139. The van der Waals surface area contributed by atoms with Gasteiger partial charge in [-0.3, -0.25) is 15.0 Å². The maximum Gasteiger partial charge on any atom is 2.00 e. The van der Waals surface area contributed by atoms with Crippen LogP contribution in [0.1, 0.15) is 0 Å². The Morgan fingerprint density at radius 2 is 0.592 bits per heavy atom. The van der Waals surface area contributed by atoms with Crippen molar-refractivity contribution in [1.82, 2.24) is 57.3 Å². The number of pyridine rings is 3. The molecule has 0 aliphatic heterocycles. The van der Waals surface area contributed by atoms with E-state index in [-0.39, 0.29) is 63.2 Å². The number of aromatic nitrogens is 12. The summed E-state index contributed by atoms with van der Waals surface area (Å²) in [6.07, 6.45) is 5.45. The van der Waals surface area contributed by atoms with Crippen LogP contribution in [0.3, 0.4) is 0 Å². The van der Waals surface area contributed by atoms with E-state index in [9.17, 15) is 0 Å². The fourth-order valence-corrected chi connectivity index (χ4v) is 16.6. The Labute approximate surface area is 735 Å². The molecule has 0 radical (unpaired) electrons. The van der Waals surface area contributed by atoms with Crippen molar-refractivity contribution in [2.75, 3.05) is 0 Å². The molecule has 0 saturated heterocycles. The maximum atomic E-state index is 5.09. The number of aryl methyl sites for hydroxylation is 3. The van der Waals surface area contributed by atoms with E-state index in [2.05, 4.69) is 343 Å². The fourth-order valence-electron chi connectivity index (χ4n) is 16.6. The largest absolute Gasteiger partial charge is 2.00 e. The Balaban J connectivity index is 0.000000122. The minimum absolute atomic E-state index is 0. The third-order valence-electron chi connectivity index (χ3n) is 22.1. The third-order valence-corrected chi connectivity index (χ3v) is 22.1. The average molecular weight is 2080 g/mol. The normalized spacial score (nSPS) is 11.3. The summed E-state index contributed by atoms with van der Waals surface area (Å²) in [7, 11) is 6.21. The van der Waals surface area contributed by atoms with Gasteiger partial charge in [-0.1, -0.05) is 198 Å². The average Bonchev–Trinajstić information content (AvgIpc) is 1.59. The summed E-state index contributed by atoms with van der Waals surface area (Å²) in [6.45, 7) is 0. The monoisotopic (exact) mass is 2080 g/mol. The molecule has 120 heavy (non-hydrogen) atoms. The first-order chi connectivity index (χ1) is 57.8. The van der Waals surface area contributed by atoms with Gasteiger partial charge in [-0.2, -0.15) is 0 Å². The van der Waals surface area contributed by atoms with Crippen molar-refractivity contribution in [3.8, 4) is 107 Å². The quantitative estimate of drug-likeness (QED) is 0.119. The molecule has 23 rings (SSSR count). The number of benzene rings is 14. The molecular formula is C105H68N12Pt3. The van der Waals surface area contributed by atoms with Crippen LogP contribution in [0.2, 0.25) is 0 Å². The summed E-state index contributed by atoms with van der Waals surface area (Å²) < 4.78 is 13.2. The van der Waals surface area contributed by atoms with E-state index in [4.69, 9.17) is 15.0 Å². The molecule has 0 N–H and O–H groups in total. The van der Waals surface area contributed by atoms with E-state index in [1.807, 2.05) is 116 Å². The predicted octanol–water partition coefficient (Wildman–Crippen LogP) is 24.3. The van der Waals surface area contributed by atoms with Crippen molar-refractivity contribution < 1.29 is 63.2 Å². The van der Waals surface area contributed by atoms with Gasteiger partial charge in [-0.15, -0.1) is 161 Å². The summed E-state index contributed by atoms with van der Waals surface area (Å²) in [5.41, 5.74) is 28.5. The number of rotatable bonds is 11. The number of para-hydroxylation sites is 7. The van der Waals surface area contributed by atoms with Crippen LogP contribution in [0.4, 0.5) is 0 Å². The van der Waals surface area contributed by atoms with Crippen LogP contribution in [0.25, 0.3) is 206 Å². The zero-order valence-electron chi connectivity index (χ0n) is 64.9. The van der Waals surface area contributed by atoms with E-state index in [1.165, 1.54) is 38.4 Å². The molecule has 0 fully saturated rings. The van der Waals surface area contributed by atoms with Gasteiger partial charge in [-0.25, -0.2) is 0 Å². The van der Waals surface area contributed by atoms with Crippen LogP contribution in [-0.4, -0.2) is 57.3 Å². The van der Waals surface area contributed by atoms with Crippen LogP contribution < -0.4 is 0 Å².